The molecule has 1 N–H and O–H groups in total. The molecular formula is C20H22N2O4S. The van der Waals surface area contributed by atoms with E-state index in [1.54, 1.807) is 37.3 Å². The van der Waals surface area contributed by atoms with Crippen LogP contribution in [0.15, 0.2) is 45.8 Å². The number of aromatic nitrogens is 1. The first-order valence-electron chi connectivity index (χ1n) is 8.44. The summed E-state index contributed by atoms with van der Waals surface area (Å²) in [5.41, 5.74) is 4.78. The Balaban J connectivity index is 2.08. The van der Waals surface area contributed by atoms with Gasteiger partial charge in [0.1, 0.15) is 16.4 Å². The lowest BCUT2D eigenvalue weighted by Gasteiger charge is -2.14. The lowest BCUT2D eigenvalue weighted by molar-refractivity contribution is 0.393. The molecule has 0 fully saturated rings. The zero-order valence-corrected chi connectivity index (χ0v) is 16.8. The van der Waals surface area contributed by atoms with Gasteiger partial charge in [-0.2, -0.15) is 0 Å². The molecule has 0 aliphatic heterocycles. The van der Waals surface area contributed by atoms with Crippen LogP contribution < -0.4 is 9.46 Å². The molecule has 7 heteroatoms. The first kappa shape index (κ1) is 19.0. The lowest BCUT2D eigenvalue weighted by atomic mass is 10.0. The van der Waals surface area contributed by atoms with Crippen LogP contribution in [0.25, 0.3) is 11.1 Å². The van der Waals surface area contributed by atoms with Crippen LogP contribution in [0.3, 0.4) is 0 Å². The highest BCUT2D eigenvalue weighted by molar-refractivity contribution is 7.92. The maximum absolute atomic E-state index is 13.0. The predicted octanol–water partition coefficient (Wildman–Crippen LogP) is 4.38. The van der Waals surface area contributed by atoms with Gasteiger partial charge in [-0.05, 0) is 68.7 Å². The molecule has 0 atom stereocenters. The van der Waals surface area contributed by atoms with Gasteiger partial charge in [-0.15, -0.1) is 0 Å². The highest BCUT2D eigenvalue weighted by Gasteiger charge is 2.22. The molecule has 2 aromatic carbocycles. The first-order valence-corrected chi connectivity index (χ1v) is 9.92. The summed E-state index contributed by atoms with van der Waals surface area (Å²) in [4.78, 5) is 0.0562. The maximum atomic E-state index is 13.0. The summed E-state index contributed by atoms with van der Waals surface area (Å²) in [6, 6.07) is 10.4. The highest BCUT2D eigenvalue weighted by atomic mass is 32.2. The number of nitrogens with one attached hydrogen (secondary N) is 1. The summed E-state index contributed by atoms with van der Waals surface area (Å²) in [7, 11) is -2.41. The fourth-order valence-corrected chi connectivity index (χ4v) is 4.20. The number of hydrogen-bond donors (Lipinski definition) is 1. The molecule has 3 aromatic rings. The third-order valence-electron chi connectivity index (χ3n) is 4.53. The van der Waals surface area contributed by atoms with Crippen LogP contribution in [0.1, 0.15) is 22.6 Å². The summed E-state index contributed by atoms with van der Waals surface area (Å²) in [6.45, 7) is 7.52. The Bertz CT molecular complexity index is 1080. The molecule has 6 nitrogen and oxygen atoms in total. The van der Waals surface area contributed by atoms with Crippen molar-refractivity contribution in [3.05, 3.63) is 59.0 Å². The summed E-state index contributed by atoms with van der Waals surface area (Å²) in [6.07, 6.45) is 0. The van der Waals surface area contributed by atoms with Crippen molar-refractivity contribution in [3.8, 4) is 16.9 Å². The topological polar surface area (TPSA) is 81.4 Å². The molecule has 0 spiro atoms. The van der Waals surface area contributed by atoms with Crippen molar-refractivity contribution < 1.29 is 17.7 Å². The molecule has 27 heavy (non-hydrogen) atoms. The van der Waals surface area contributed by atoms with Crippen molar-refractivity contribution in [3.63, 3.8) is 0 Å². The number of sulfonamides is 1. The number of benzene rings is 2. The van der Waals surface area contributed by atoms with Crippen LogP contribution in [0.4, 0.5) is 5.69 Å². The SMILES string of the molecule is COc1ccc(-c2c(C)noc2C)cc1S(=O)(=O)Nc1ccc(C)c(C)c1. The van der Waals surface area contributed by atoms with Crippen molar-refractivity contribution in [1.29, 1.82) is 0 Å². The number of aryl methyl sites for hydroxylation is 4. The second-order valence-electron chi connectivity index (χ2n) is 6.47. The predicted molar refractivity (Wildman–Crippen MR) is 105 cm³/mol. The summed E-state index contributed by atoms with van der Waals surface area (Å²) < 4.78 is 39.2. The normalized spacial score (nSPS) is 11.4. The van der Waals surface area contributed by atoms with E-state index in [9.17, 15) is 8.42 Å². The van der Waals surface area contributed by atoms with Crippen molar-refractivity contribution in [2.75, 3.05) is 11.8 Å². The second kappa shape index (κ2) is 7.08. The number of nitrogens with zero attached hydrogens (tertiary/aromatic N) is 1. The Morgan fingerprint density at radius 3 is 2.33 bits per heavy atom. The van der Waals surface area contributed by atoms with Gasteiger partial charge < -0.3 is 9.26 Å². The number of hydrogen-bond acceptors (Lipinski definition) is 5. The lowest BCUT2D eigenvalue weighted by Crippen LogP contribution is -2.14. The van der Waals surface area contributed by atoms with E-state index in [-0.39, 0.29) is 10.6 Å². The Morgan fingerprint density at radius 2 is 1.74 bits per heavy atom. The van der Waals surface area contributed by atoms with E-state index < -0.39 is 10.0 Å². The van der Waals surface area contributed by atoms with E-state index in [4.69, 9.17) is 9.26 Å². The Morgan fingerprint density at radius 1 is 1.00 bits per heavy atom. The smallest absolute Gasteiger partial charge is 0.265 e. The first-order chi connectivity index (χ1) is 12.7. The minimum atomic E-state index is -3.85. The third-order valence-corrected chi connectivity index (χ3v) is 5.94. The maximum Gasteiger partial charge on any atom is 0.265 e. The van der Waals surface area contributed by atoms with E-state index in [0.717, 1.165) is 16.7 Å². The van der Waals surface area contributed by atoms with Gasteiger partial charge in [0, 0.05) is 11.3 Å². The molecule has 3 rings (SSSR count). The van der Waals surface area contributed by atoms with Gasteiger partial charge in [-0.1, -0.05) is 17.3 Å². The van der Waals surface area contributed by atoms with E-state index >= 15 is 0 Å². The summed E-state index contributed by atoms with van der Waals surface area (Å²) in [5.74, 6) is 0.893. The van der Waals surface area contributed by atoms with Crippen LogP contribution >= 0.6 is 0 Å². The third kappa shape index (κ3) is 3.68. The molecular weight excluding hydrogens is 364 g/mol. The minimum absolute atomic E-state index is 0.0562. The number of ether oxygens (including phenoxy) is 1. The van der Waals surface area contributed by atoms with E-state index in [1.165, 1.54) is 7.11 Å². The van der Waals surface area contributed by atoms with Gasteiger partial charge >= 0.3 is 0 Å². The van der Waals surface area contributed by atoms with Gasteiger partial charge in [-0.25, -0.2) is 8.42 Å². The fraction of sp³-hybridized carbons (Fsp3) is 0.250. The van der Waals surface area contributed by atoms with Gasteiger partial charge in [0.25, 0.3) is 10.0 Å². The fourth-order valence-electron chi connectivity index (χ4n) is 2.95. The van der Waals surface area contributed by atoms with Crippen molar-refractivity contribution in [2.45, 2.75) is 32.6 Å². The van der Waals surface area contributed by atoms with Crippen LogP contribution in [-0.4, -0.2) is 20.7 Å². The number of methoxy groups -OCH3 is 1. The van der Waals surface area contributed by atoms with Gasteiger partial charge in [0.15, 0.2) is 0 Å². The van der Waals surface area contributed by atoms with Crippen molar-refractivity contribution >= 4 is 15.7 Å². The molecule has 1 aromatic heterocycles. The van der Waals surface area contributed by atoms with Gasteiger partial charge in [0.2, 0.25) is 0 Å². The molecule has 0 amide bonds. The molecule has 0 saturated carbocycles. The standard InChI is InChI=1S/C20H22N2O4S/c1-12-6-8-17(10-13(12)2)22-27(23,24)19-11-16(7-9-18(19)25-5)20-14(3)21-26-15(20)4/h6-11,22H,1-5H3. The van der Waals surface area contributed by atoms with E-state index in [1.807, 2.05) is 26.8 Å². The monoisotopic (exact) mass is 386 g/mol. The molecule has 0 bridgehead atoms. The zero-order valence-electron chi connectivity index (χ0n) is 16.0. The molecule has 0 aliphatic carbocycles. The van der Waals surface area contributed by atoms with Gasteiger partial charge in [-0.3, -0.25) is 4.72 Å². The molecule has 0 saturated heterocycles. The van der Waals surface area contributed by atoms with Crippen LogP contribution in [-0.2, 0) is 10.0 Å². The number of anilines is 1. The second-order valence-corrected chi connectivity index (χ2v) is 8.12. The summed E-state index contributed by atoms with van der Waals surface area (Å²) >= 11 is 0. The van der Waals surface area contributed by atoms with Gasteiger partial charge in [0.05, 0.1) is 12.8 Å². The van der Waals surface area contributed by atoms with Crippen molar-refractivity contribution in [1.82, 2.24) is 5.16 Å². The average molecular weight is 386 g/mol. The van der Waals surface area contributed by atoms with Crippen molar-refractivity contribution in [2.24, 2.45) is 0 Å². The Labute approximate surface area is 159 Å². The number of rotatable bonds is 5. The molecule has 142 valence electrons. The van der Waals surface area contributed by atoms with Crippen LogP contribution in [0, 0.1) is 27.7 Å². The van der Waals surface area contributed by atoms with Crippen LogP contribution in [0.5, 0.6) is 5.75 Å². The highest BCUT2D eigenvalue weighted by Crippen LogP contribution is 2.34. The van der Waals surface area contributed by atoms with E-state index in [0.29, 0.717) is 22.7 Å². The molecule has 1 heterocycles. The van der Waals surface area contributed by atoms with Crippen LogP contribution in [0.2, 0.25) is 0 Å². The Kier molecular flexibility index (Phi) is 4.97. The minimum Gasteiger partial charge on any atom is -0.495 e. The quantitative estimate of drug-likeness (QED) is 0.703. The average Bonchev–Trinajstić information content (AvgIpc) is 2.96. The largest absolute Gasteiger partial charge is 0.495 e. The zero-order chi connectivity index (χ0) is 19.8. The molecule has 0 radical (unpaired) electrons. The van der Waals surface area contributed by atoms with E-state index in [2.05, 4.69) is 9.88 Å². The Hall–Kier alpha value is -2.80. The molecule has 0 unspecified atom stereocenters. The summed E-state index contributed by atoms with van der Waals surface area (Å²) in [5, 5.41) is 3.94. The molecule has 0 aliphatic rings.